The van der Waals surface area contributed by atoms with Crippen LogP contribution in [0.2, 0.25) is 0 Å². The van der Waals surface area contributed by atoms with Gasteiger partial charge >= 0.3 is 0 Å². The van der Waals surface area contributed by atoms with Gasteiger partial charge in [-0.15, -0.1) is 0 Å². The Morgan fingerprint density at radius 2 is 1.73 bits per heavy atom. The third-order valence-electron chi connectivity index (χ3n) is 5.10. The van der Waals surface area contributed by atoms with Crippen LogP contribution in [-0.2, 0) is 14.8 Å². The lowest BCUT2D eigenvalue weighted by atomic mass is 9.99. The summed E-state index contributed by atoms with van der Waals surface area (Å²) >= 11 is 0. The van der Waals surface area contributed by atoms with Gasteiger partial charge in [0.2, 0.25) is 5.91 Å². The van der Waals surface area contributed by atoms with Gasteiger partial charge in [0.05, 0.1) is 17.7 Å². The zero-order valence-corrected chi connectivity index (χ0v) is 18.8. The summed E-state index contributed by atoms with van der Waals surface area (Å²) in [6.45, 7) is 4.47. The lowest BCUT2D eigenvalue weighted by molar-refractivity contribution is -0.119. The minimum atomic E-state index is -3.95. The van der Waals surface area contributed by atoms with Crippen LogP contribution in [0.5, 0.6) is 5.75 Å². The molecule has 1 amide bonds. The molecule has 0 saturated carbocycles. The van der Waals surface area contributed by atoms with Crippen molar-refractivity contribution in [2.45, 2.75) is 44.4 Å². The Morgan fingerprint density at radius 3 is 2.37 bits per heavy atom. The number of rotatable bonds is 12. The summed E-state index contributed by atoms with van der Waals surface area (Å²) in [4.78, 5) is 12.9. The molecule has 2 aromatic rings. The number of methoxy groups -OCH3 is 1. The standard InChI is InChI=1S/C23H32N2O4S/c1-4-6-12-19(5-2)17-24-23(26)18-25(21-15-10-11-16-22(21)29-3)30(27,28)20-13-8-7-9-14-20/h7-11,13-16,19H,4-6,12,17-18H2,1-3H3,(H,24,26). The number of hydrogen-bond donors (Lipinski definition) is 1. The highest BCUT2D eigenvalue weighted by Gasteiger charge is 2.29. The highest BCUT2D eigenvalue weighted by molar-refractivity contribution is 7.92. The van der Waals surface area contributed by atoms with Crippen molar-refractivity contribution in [2.75, 3.05) is 24.5 Å². The Bertz CT molecular complexity index is 900. The maximum absolute atomic E-state index is 13.4. The van der Waals surface area contributed by atoms with Gasteiger partial charge in [0, 0.05) is 6.54 Å². The number of para-hydroxylation sites is 2. The van der Waals surface area contributed by atoms with E-state index < -0.39 is 10.0 Å². The average Bonchev–Trinajstić information content (AvgIpc) is 2.78. The van der Waals surface area contributed by atoms with E-state index in [2.05, 4.69) is 19.2 Å². The van der Waals surface area contributed by atoms with Crippen LogP contribution in [0.3, 0.4) is 0 Å². The minimum absolute atomic E-state index is 0.123. The predicted molar refractivity (Wildman–Crippen MR) is 120 cm³/mol. The first-order valence-corrected chi connectivity index (χ1v) is 11.9. The number of hydrogen-bond acceptors (Lipinski definition) is 4. The fourth-order valence-corrected chi connectivity index (χ4v) is 4.70. The molecule has 0 radical (unpaired) electrons. The SMILES string of the molecule is CCCCC(CC)CNC(=O)CN(c1ccccc1OC)S(=O)(=O)c1ccccc1. The predicted octanol–water partition coefficient (Wildman–Crippen LogP) is 4.22. The average molecular weight is 433 g/mol. The zero-order valence-electron chi connectivity index (χ0n) is 18.0. The molecule has 0 aliphatic heterocycles. The van der Waals surface area contributed by atoms with Crippen LogP contribution in [0.25, 0.3) is 0 Å². The summed E-state index contributed by atoms with van der Waals surface area (Å²) in [6, 6.07) is 14.9. The van der Waals surface area contributed by atoms with Crippen LogP contribution in [-0.4, -0.2) is 34.5 Å². The summed E-state index contributed by atoms with van der Waals surface area (Å²) in [5.74, 6) is 0.439. The number of benzene rings is 2. The van der Waals surface area contributed by atoms with E-state index in [4.69, 9.17) is 4.74 Å². The molecule has 2 rings (SSSR count). The van der Waals surface area contributed by atoms with Gasteiger partial charge in [0.25, 0.3) is 10.0 Å². The van der Waals surface area contributed by atoms with E-state index >= 15 is 0 Å². The molecular formula is C23H32N2O4S. The molecule has 0 aliphatic carbocycles. The zero-order chi connectivity index (χ0) is 22.0. The van der Waals surface area contributed by atoms with Gasteiger partial charge in [0.15, 0.2) is 0 Å². The van der Waals surface area contributed by atoms with Gasteiger partial charge < -0.3 is 10.1 Å². The summed E-state index contributed by atoms with van der Waals surface area (Å²) < 4.78 is 33.2. The number of anilines is 1. The second-order valence-electron chi connectivity index (χ2n) is 7.22. The van der Waals surface area contributed by atoms with E-state index in [0.717, 1.165) is 30.0 Å². The third kappa shape index (κ3) is 6.23. The first-order valence-electron chi connectivity index (χ1n) is 10.4. The lowest BCUT2D eigenvalue weighted by Crippen LogP contribution is -2.42. The van der Waals surface area contributed by atoms with Gasteiger partial charge in [-0.1, -0.05) is 63.4 Å². The largest absolute Gasteiger partial charge is 0.495 e. The second kappa shape index (κ2) is 11.6. The molecule has 7 heteroatoms. The quantitative estimate of drug-likeness (QED) is 0.545. The Kier molecular flexibility index (Phi) is 9.17. The molecule has 1 atom stereocenters. The summed E-state index contributed by atoms with van der Waals surface area (Å²) in [6.07, 6.45) is 4.25. The van der Waals surface area contributed by atoms with Crippen molar-refractivity contribution in [1.29, 1.82) is 0 Å². The van der Waals surface area contributed by atoms with Crippen molar-refractivity contribution < 1.29 is 17.9 Å². The Labute approximate surface area is 180 Å². The van der Waals surface area contributed by atoms with E-state index in [0.29, 0.717) is 23.9 Å². The van der Waals surface area contributed by atoms with E-state index in [1.807, 2.05) is 0 Å². The monoisotopic (exact) mass is 432 g/mol. The van der Waals surface area contributed by atoms with E-state index in [-0.39, 0.29) is 17.3 Å². The molecular weight excluding hydrogens is 400 g/mol. The Hall–Kier alpha value is -2.54. The molecule has 6 nitrogen and oxygen atoms in total. The molecule has 0 bridgehead atoms. The van der Waals surface area contributed by atoms with Gasteiger partial charge in [-0.05, 0) is 36.6 Å². The van der Waals surface area contributed by atoms with E-state index in [9.17, 15) is 13.2 Å². The van der Waals surface area contributed by atoms with Gasteiger partial charge in [-0.3, -0.25) is 9.10 Å². The molecule has 0 saturated heterocycles. The molecule has 0 aliphatic rings. The molecule has 0 aromatic heterocycles. The number of amides is 1. The highest BCUT2D eigenvalue weighted by Crippen LogP contribution is 2.32. The van der Waals surface area contributed by atoms with Crippen LogP contribution < -0.4 is 14.4 Å². The first kappa shape index (κ1) is 23.7. The molecule has 30 heavy (non-hydrogen) atoms. The number of carbonyl (C=O) groups excluding carboxylic acids is 1. The van der Waals surface area contributed by atoms with Crippen LogP contribution in [0.1, 0.15) is 39.5 Å². The van der Waals surface area contributed by atoms with Crippen LogP contribution in [0.15, 0.2) is 59.5 Å². The second-order valence-corrected chi connectivity index (χ2v) is 9.08. The topological polar surface area (TPSA) is 75.7 Å². The van der Waals surface area contributed by atoms with Crippen molar-refractivity contribution in [3.63, 3.8) is 0 Å². The van der Waals surface area contributed by atoms with Crippen molar-refractivity contribution >= 4 is 21.6 Å². The molecule has 1 N–H and O–H groups in total. The van der Waals surface area contributed by atoms with Crippen LogP contribution >= 0.6 is 0 Å². The van der Waals surface area contributed by atoms with Gasteiger partial charge in [0.1, 0.15) is 12.3 Å². The number of unbranched alkanes of at least 4 members (excludes halogenated alkanes) is 1. The highest BCUT2D eigenvalue weighted by atomic mass is 32.2. The van der Waals surface area contributed by atoms with E-state index in [1.54, 1.807) is 42.5 Å². The smallest absolute Gasteiger partial charge is 0.264 e. The van der Waals surface area contributed by atoms with Crippen molar-refractivity contribution in [3.8, 4) is 5.75 Å². The third-order valence-corrected chi connectivity index (χ3v) is 6.88. The maximum Gasteiger partial charge on any atom is 0.264 e. The summed E-state index contributed by atoms with van der Waals surface area (Å²) in [7, 11) is -2.47. The van der Waals surface area contributed by atoms with Crippen LogP contribution in [0, 0.1) is 5.92 Å². The summed E-state index contributed by atoms with van der Waals surface area (Å²) in [5, 5.41) is 2.92. The molecule has 0 fully saturated rings. The van der Waals surface area contributed by atoms with Gasteiger partial charge in [-0.2, -0.15) is 0 Å². The van der Waals surface area contributed by atoms with Crippen molar-refractivity contribution in [2.24, 2.45) is 5.92 Å². The first-order chi connectivity index (χ1) is 14.4. The Balaban J connectivity index is 2.28. The van der Waals surface area contributed by atoms with E-state index in [1.165, 1.54) is 19.2 Å². The molecule has 1 unspecified atom stereocenters. The number of sulfonamides is 1. The molecule has 0 spiro atoms. The fourth-order valence-electron chi connectivity index (χ4n) is 3.24. The maximum atomic E-state index is 13.4. The molecule has 2 aromatic carbocycles. The summed E-state index contributed by atoms with van der Waals surface area (Å²) in [5.41, 5.74) is 0.331. The van der Waals surface area contributed by atoms with Crippen LogP contribution in [0.4, 0.5) is 5.69 Å². The lowest BCUT2D eigenvalue weighted by Gasteiger charge is -2.26. The normalized spacial score (nSPS) is 12.2. The number of nitrogens with one attached hydrogen (secondary N) is 1. The molecule has 0 heterocycles. The van der Waals surface area contributed by atoms with Crippen molar-refractivity contribution in [1.82, 2.24) is 5.32 Å². The molecule has 164 valence electrons. The fraction of sp³-hybridized carbons (Fsp3) is 0.435. The number of ether oxygens (including phenoxy) is 1. The Morgan fingerprint density at radius 1 is 1.07 bits per heavy atom. The van der Waals surface area contributed by atoms with Gasteiger partial charge in [-0.25, -0.2) is 8.42 Å². The number of carbonyl (C=O) groups is 1. The van der Waals surface area contributed by atoms with Crippen molar-refractivity contribution in [3.05, 3.63) is 54.6 Å². The minimum Gasteiger partial charge on any atom is -0.495 e. The number of nitrogens with zero attached hydrogens (tertiary/aromatic N) is 1.